The van der Waals surface area contributed by atoms with Gasteiger partial charge in [-0.05, 0) is 66.5 Å². The molecule has 8 atom stereocenters. The molecule has 3 saturated carbocycles. The van der Waals surface area contributed by atoms with Crippen molar-refractivity contribution < 1.29 is 33.4 Å². The van der Waals surface area contributed by atoms with Crippen LogP contribution in [0.1, 0.15) is 84.6 Å². The average Bonchev–Trinajstić information content (AvgIpc) is 3.76. The monoisotopic (exact) mass is 659 g/mol. The molecule has 1 saturated heterocycles. The molecule has 1 heterocycles. The van der Waals surface area contributed by atoms with Gasteiger partial charge in [-0.15, -0.1) is 0 Å². The topological polar surface area (TPSA) is 99.2 Å². The molecule has 3 aliphatic carbocycles. The molecule has 1 aromatic carbocycles. The molecule has 1 unspecified atom stereocenters. The van der Waals surface area contributed by atoms with Crippen LogP contribution in [0.3, 0.4) is 0 Å². The number of likely N-dealkylation sites (tertiary alicyclic amines) is 1. The zero-order valence-electron chi connectivity index (χ0n) is 26.1. The SMILES string of the molecule is CC[C@@H]1C[C@@]1(CC(=O)[C@@H]1C[C@H](OCc2ccc(Br)cc2)CN1C(=O)[C@@H](CC(=O)OC1C[C@@H]2C[C@@H]2C1)C(C)(C)C)C(=O)OC. The summed E-state index contributed by atoms with van der Waals surface area (Å²) in [7, 11) is 1.36. The van der Waals surface area contributed by atoms with Crippen molar-refractivity contribution in [1.82, 2.24) is 4.90 Å². The van der Waals surface area contributed by atoms with Crippen molar-refractivity contribution in [3.05, 3.63) is 34.3 Å². The number of hydrogen-bond acceptors (Lipinski definition) is 7. The zero-order chi connectivity index (χ0) is 31.1. The summed E-state index contributed by atoms with van der Waals surface area (Å²) in [4.78, 5) is 55.7. The summed E-state index contributed by atoms with van der Waals surface area (Å²) in [6, 6.07) is 7.10. The van der Waals surface area contributed by atoms with Gasteiger partial charge in [-0.25, -0.2) is 0 Å². The second-order valence-corrected chi connectivity index (χ2v) is 15.3. The van der Waals surface area contributed by atoms with E-state index >= 15 is 0 Å². The molecule has 0 spiro atoms. The number of Topliss-reactive ketones (excluding diaryl/α,β-unsaturated/α-hetero) is 1. The molecule has 1 aromatic rings. The molecule has 4 aliphatic rings. The Morgan fingerprint density at radius 2 is 1.70 bits per heavy atom. The number of carbonyl (C=O) groups excluding carboxylic acids is 4. The lowest BCUT2D eigenvalue weighted by molar-refractivity contribution is -0.157. The fourth-order valence-electron chi connectivity index (χ4n) is 7.47. The Kier molecular flexibility index (Phi) is 9.44. The molecule has 0 aromatic heterocycles. The van der Waals surface area contributed by atoms with Crippen LogP contribution in [0.4, 0.5) is 0 Å². The molecule has 1 aliphatic heterocycles. The molecule has 5 rings (SSSR count). The molecular weight excluding hydrogens is 614 g/mol. The van der Waals surface area contributed by atoms with Gasteiger partial charge >= 0.3 is 11.9 Å². The summed E-state index contributed by atoms with van der Waals surface area (Å²) in [6.45, 7) is 8.46. The van der Waals surface area contributed by atoms with Gasteiger partial charge in [0.15, 0.2) is 5.78 Å². The number of rotatable bonds is 12. The number of nitrogens with zero attached hydrogens (tertiary/aromatic N) is 1. The number of carbonyl (C=O) groups is 4. The normalized spacial score (nSPS) is 31.7. The van der Waals surface area contributed by atoms with Crippen molar-refractivity contribution in [2.45, 2.75) is 104 Å². The predicted octanol–water partition coefficient (Wildman–Crippen LogP) is 5.88. The Hall–Kier alpha value is -2.26. The summed E-state index contributed by atoms with van der Waals surface area (Å²) < 4.78 is 18.2. The van der Waals surface area contributed by atoms with Crippen molar-refractivity contribution >= 4 is 39.6 Å². The Labute approximate surface area is 263 Å². The van der Waals surface area contributed by atoms with Crippen molar-refractivity contribution in [1.29, 1.82) is 0 Å². The fourth-order valence-corrected chi connectivity index (χ4v) is 7.73. The quantitative estimate of drug-likeness (QED) is 0.259. The molecule has 8 nitrogen and oxygen atoms in total. The van der Waals surface area contributed by atoms with Gasteiger partial charge in [0.05, 0.1) is 43.6 Å². The summed E-state index contributed by atoms with van der Waals surface area (Å²) in [6.07, 6.45) is 4.44. The highest BCUT2D eigenvalue weighted by molar-refractivity contribution is 9.10. The molecule has 0 bridgehead atoms. The number of esters is 2. The standard InChI is InChI=1S/C34H46BrNO7/c1-6-23-16-34(23,32(40)41-5)17-29(37)28-14-26(42-19-20-7-9-24(35)10-8-20)18-36(28)31(39)27(33(2,3)4)15-30(38)43-25-12-21-11-22(21)13-25/h7-10,21-23,25-28H,6,11-19H2,1-5H3/t21-,22+,23-,25?,26+,27-,28+,34+/m1/s1. The number of halogens is 1. The molecule has 4 fully saturated rings. The Morgan fingerprint density at radius 1 is 1.02 bits per heavy atom. The first-order chi connectivity index (χ1) is 20.3. The van der Waals surface area contributed by atoms with Gasteiger partial charge in [0, 0.05) is 23.9 Å². The first-order valence-electron chi connectivity index (χ1n) is 15.8. The van der Waals surface area contributed by atoms with Crippen LogP contribution in [-0.2, 0) is 40.0 Å². The van der Waals surface area contributed by atoms with Crippen LogP contribution >= 0.6 is 15.9 Å². The molecular formula is C34H46BrNO7. The first kappa shape index (κ1) is 32.1. The minimum Gasteiger partial charge on any atom is -0.469 e. The predicted molar refractivity (Wildman–Crippen MR) is 164 cm³/mol. The van der Waals surface area contributed by atoms with Crippen LogP contribution < -0.4 is 0 Å². The van der Waals surface area contributed by atoms with Gasteiger partial charge in [-0.2, -0.15) is 0 Å². The largest absolute Gasteiger partial charge is 0.469 e. The van der Waals surface area contributed by atoms with E-state index in [1.165, 1.54) is 13.5 Å². The van der Waals surface area contributed by atoms with E-state index in [0.29, 0.717) is 31.3 Å². The molecule has 43 heavy (non-hydrogen) atoms. The van der Waals surface area contributed by atoms with Crippen molar-refractivity contribution in [2.75, 3.05) is 13.7 Å². The number of benzene rings is 1. The third-order valence-electron chi connectivity index (χ3n) is 10.3. The fraction of sp³-hybridized carbons (Fsp3) is 0.706. The summed E-state index contributed by atoms with van der Waals surface area (Å²) in [5, 5.41) is 0. The Balaban J connectivity index is 1.32. The molecule has 0 N–H and O–H groups in total. The number of hydrogen-bond donors (Lipinski definition) is 0. The summed E-state index contributed by atoms with van der Waals surface area (Å²) in [5.41, 5.74) is -0.361. The lowest BCUT2D eigenvalue weighted by atomic mass is 9.77. The average molecular weight is 661 g/mol. The summed E-state index contributed by atoms with van der Waals surface area (Å²) >= 11 is 3.45. The van der Waals surface area contributed by atoms with Crippen LogP contribution in [0.5, 0.6) is 0 Å². The maximum atomic E-state index is 14.3. The lowest BCUT2D eigenvalue weighted by Gasteiger charge is -2.35. The van der Waals surface area contributed by atoms with Gasteiger partial charge < -0.3 is 19.1 Å². The third-order valence-corrected chi connectivity index (χ3v) is 10.9. The van der Waals surface area contributed by atoms with E-state index in [1.54, 1.807) is 4.90 Å². The molecule has 9 heteroatoms. The minimum absolute atomic E-state index is 0.0278. The highest BCUT2D eigenvalue weighted by atomic mass is 79.9. The lowest BCUT2D eigenvalue weighted by Crippen LogP contribution is -2.48. The Morgan fingerprint density at radius 3 is 2.28 bits per heavy atom. The van der Waals surface area contributed by atoms with E-state index in [0.717, 1.165) is 29.3 Å². The highest BCUT2D eigenvalue weighted by Crippen LogP contribution is 2.58. The second-order valence-electron chi connectivity index (χ2n) is 14.4. The third kappa shape index (κ3) is 7.19. The van der Waals surface area contributed by atoms with E-state index in [4.69, 9.17) is 14.2 Å². The van der Waals surface area contributed by atoms with E-state index in [-0.39, 0.29) is 61.1 Å². The highest BCUT2D eigenvalue weighted by Gasteiger charge is 2.61. The van der Waals surface area contributed by atoms with E-state index in [9.17, 15) is 19.2 Å². The molecule has 1 amide bonds. The van der Waals surface area contributed by atoms with Gasteiger partial charge in [0.1, 0.15) is 6.10 Å². The van der Waals surface area contributed by atoms with Crippen LogP contribution in [0.25, 0.3) is 0 Å². The van der Waals surface area contributed by atoms with Crippen molar-refractivity contribution in [3.8, 4) is 0 Å². The van der Waals surface area contributed by atoms with Crippen molar-refractivity contribution in [2.24, 2.45) is 34.5 Å². The van der Waals surface area contributed by atoms with Gasteiger partial charge in [0.25, 0.3) is 0 Å². The minimum atomic E-state index is -0.819. The van der Waals surface area contributed by atoms with Gasteiger partial charge in [0.2, 0.25) is 5.91 Å². The van der Waals surface area contributed by atoms with Gasteiger partial charge in [-0.1, -0.05) is 62.2 Å². The summed E-state index contributed by atoms with van der Waals surface area (Å²) in [5.74, 6) is -0.268. The van der Waals surface area contributed by atoms with Crippen LogP contribution in [0.15, 0.2) is 28.7 Å². The van der Waals surface area contributed by atoms with Crippen LogP contribution in [0.2, 0.25) is 0 Å². The van der Waals surface area contributed by atoms with Gasteiger partial charge in [-0.3, -0.25) is 19.2 Å². The number of methoxy groups -OCH3 is 1. The molecule has 0 radical (unpaired) electrons. The number of ketones is 1. The smallest absolute Gasteiger partial charge is 0.312 e. The number of fused-ring (bicyclic) bond motifs is 1. The maximum Gasteiger partial charge on any atom is 0.312 e. The number of amides is 1. The number of ether oxygens (including phenoxy) is 3. The molecule has 236 valence electrons. The van der Waals surface area contributed by atoms with Crippen molar-refractivity contribution in [3.63, 3.8) is 0 Å². The van der Waals surface area contributed by atoms with E-state index < -0.39 is 22.8 Å². The van der Waals surface area contributed by atoms with E-state index in [2.05, 4.69) is 15.9 Å². The van der Waals surface area contributed by atoms with Crippen LogP contribution in [0, 0.1) is 34.5 Å². The second kappa shape index (κ2) is 12.6. The maximum absolute atomic E-state index is 14.3. The Bertz CT molecular complexity index is 1220. The van der Waals surface area contributed by atoms with E-state index in [1.807, 2.05) is 52.0 Å². The zero-order valence-corrected chi connectivity index (χ0v) is 27.7. The van der Waals surface area contributed by atoms with Crippen LogP contribution in [-0.4, -0.2) is 60.4 Å². The first-order valence-corrected chi connectivity index (χ1v) is 16.6.